The molecule has 1 aliphatic heterocycles. The number of nitrogens with zero attached hydrogens (tertiary/aromatic N) is 2. The van der Waals surface area contributed by atoms with E-state index in [1.54, 1.807) is 4.68 Å². The molecule has 0 fully saturated rings. The lowest BCUT2D eigenvalue weighted by Gasteiger charge is -2.26. The van der Waals surface area contributed by atoms with Gasteiger partial charge in [-0.05, 0) is 30.9 Å². The van der Waals surface area contributed by atoms with E-state index >= 15 is 0 Å². The van der Waals surface area contributed by atoms with Gasteiger partial charge in [0.2, 0.25) is 0 Å². The van der Waals surface area contributed by atoms with Crippen molar-refractivity contribution in [3.63, 3.8) is 0 Å². The van der Waals surface area contributed by atoms with E-state index in [1.165, 1.54) is 5.56 Å². The highest BCUT2D eigenvalue weighted by atomic mass is 16.5. The van der Waals surface area contributed by atoms with Crippen LogP contribution in [0.25, 0.3) is 0 Å². The molecule has 128 valence electrons. The lowest BCUT2D eigenvalue weighted by molar-refractivity contribution is 0.0444. The molecule has 1 aromatic heterocycles. The van der Waals surface area contributed by atoms with Gasteiger partial charge in [0.1, 0.15) is 11.9 Å². The third kappa shape index (κ3) is 3.28. The lowest BCUT2D eigenvalue weighted by Crippen LogP contribution is -2.35. The van der Waals surface area contributed by atoms with Gasteiger partial charge in [-0.1, -0.05) is 31.2 Å². The minimum Gasteiger partial charge on any atom is -0.371 e. The number of nitrogens with one attached hydrogen (secondary N) is 2. The molecule has 6 nitrogen and oxygen atoms in total. The van der Waals surface area contributed by atoms with E-state index in [-0.39, 0.29) is 12.1 Å². The molecule has 1 aliphatic rings. The highest BCUT2D eigenvalue weighted by Gasteiger charge is 2.21. The summed E-state index contributed by atoms with van der Waals surface area (Å²) in [5.41, 5.74) is 4.46. The second kappa shape index (κ2) is 7.05. The SMILES string of the molecule is CCc1nn(C)c(NC(=O)NC[C@@H]2OCCc3ccccc32)c1C. The van der Waals surface area contributed by atoms with Crippen LogP contribution in [-0.4, -0.2) is 29.0 Å². The fourth-order valence-electron chi connectivity index (χ4n) is 3.18. The Morgan fingerprint density at radius 3 is 2.96 bits per heavy atom. The maximum Gasteiger partial charge on any atom is 0.320 e. The van der Waals surface area contributed by atoms with Crippen molar-refractivity contribution in [2.75, 3.05) is 18.5 Å². The predicted molar refractivity (Wildman–Crippen MR) is 93.2 cm³/mol. The highest BCUT2D eigenvalue weighted by molar-refractivity contribution is 5.89. The number of rotatable bonds is 4. The van der Waals surface area contributed by atoms with E-state index in [0.29, 0.717) is 13.2 Å². The molecular weight excluding hydrogens is 304 g/mol. The van der Waals surface area contributed by atoms with Gasteiger partial charge in [0.25, 0.3) is 0 Å². The average Bonchev–Trinajstić information content (AvgIpc) is 2.87. The van der Waals surface area contributed by atoms with Crippen LogP contribution in [0.15, 0.2) is 24.3 Å². The number of aryl methyl sites for hydroxylation is 2. The Morgan fingerprint density at radius 1 is 1.42 bits per heavy atom. The molecule has 0 spiro atoms. The van der Waals surface area contributed by atoms with Gasteiger partial charge in [-0.3, -0.25) is 10.00 Å². The Kier molecular flexibility index (Phi) is 4.85. The average molecular weight is 328 g/mol. The van der Waals surface area contributed by atoms with Crippen LogP contribution in [0, 0.1) is 6.92 Å². The molecule has 0 aliphatic carbocycles. The van der Waals surface area contributed by atoms with Gasteiger partial charge >= 0.3 is 6.03 Å². The number of aromatic nitrogens is 2. The van der Waals surface area contributed by atoms with Crippen molar-refractivity contribution in [3.8, 4) is 0 Å². The molecule has 1 aromatic carbocycles. The molecule has 2 aromatic rings. The second-order valence-corrected chi connectivity index (χ2v) is 6.04. The fourth-order valence-corrected chi connectivity index (χ4v) is 3.18. The fraction of sp³-hybridized carbons (Fsp3) is 0.444. The van der Waals surface area contributed by atoms with Crippen molar-refractivity contribution in [2.45, 2.75) is 32.8 Å². The molecule has 3 rings (SSSR count). The Hall–Kier alpha value is -2.34. The number of hydrogen-bond donors (Lipinski definition) is 2. The van der Waals surface area contributed by atoms with Crippen LogP contribution in [0.2, 0.25) is 0 Å². The third-order valence-corrected chi connectivity index (χ3v) is 4.49. The normalized spacial score (nSPS) is 16.5. The van der Waals surface area contributed by atoms with Crippen LogP contribution in [0.4, 0.5) is 10.6 Å². The molecule has 0 unspecified atom stereocenters. The van der Waals surface area contributed by atoms with E-state index in [9.17, 15) is 4.79 Å². The zero-order valence-corrected chi connectivity index (χ0v) is 14.4. The summed E-state index contributed by atoms with van der Waals surface area (Å²) >= 11 is 0. The number of urea groups is 1. The zero-order chi connectivity index (χ0) is 17.1. The molecule has 2 N–H and O–H groups in total. The number of carbonyl (C=O) groups is 1. The van der Waals surface area contributed by atoms with E-state index in [4.69, 9.17) is 4.74 Å². The van der Waals surface area contributed by atoms with Gasteiger partial charge in [0.05, 0.1) is 12.3 Å². The first-order chi connectivity index (χ1) is 11.6. The number of amides is 2. The number of benzene rings is 1. The second-order valence-electron chi connectivity index (χ2n) is 6.04. The zero-order valence-electron chi connectivity index (χ0n) is 14.4. The number of fused-ring (bicyclic) bond motifs is 1. The minimum atomic E-state index is -0.240. The van der Waals surface area contributed by atoms with Crippen LogP contribution in [-0.2, 0) is 24.6 Å². The van der Waals surface area contributed by atoms with Gasteiger partial charge in [0.15, 0.2) is 0 Å². The Morgan fingerprint density at radius 2 is 2.21 bits per heavy atom. The smallest absolute Gasteiger partial charge is 0.320 e. The van der Waals surface area contributed by atoms with Crippen molar-refractivity contribution in [2.24, 2.45) is 7.05 Å². The van der Waals surface area contributed by atoms with Crippen LogP contribution in [0.1, 0.15) is 35.4 Å². The summed E-state index contributed by atoms with van der Waals surface area (Å²) < 4.78 is 7.52. The molecule has 2 amide bonds. The molecule has 0 saturated carbocycles. The molecule has 2 heterocycles. The minimum absolute atomic E-state index is 0.0977. The lowest BCUT2D eigenvalue weighted by atomic mass is 9.98. The van der Waals surface area contributed by atoms with Crippen LogP contribution in [0.5, 0.6) is 0 Å². The first kappa shape index (κ1) is 16.5. The summed E-state index contributed by atoms with van der Waals surface area (Å²) in [6, 6.07) is 7.99. The van der Waals surface area contributed by atoms with Gasteiger partial charge in [-0.2, -0.15) is 5.10 Å². The Labute approximate surface area is 142 Å². The molecule has 0 radical (unpaired) electrons. The third-order valence-electron chi connectivity index (χ3n) is 4.49. The highest BCUT2D eigenvalue weighted by Crippen LogP contribution is 2.26. The molecule has 24 heavy (non-hydrogen) atoms. The van der Waals surface area contributed by atoms with Crippen molar-refractivity contribution < 1.29 is 9.53 Å². The van der Waals surface area contributed by atoms with Crippen LogP contribution in [0.3, 0.4) is 0 Å². The Balaban J connectivity index is 1.62. The van der Waals surface area contributed by atoms with Crippen LogP contribution >= 0.6 is 0 Å². The summed E-state index contributed by atoms with van der Waals surface area (Å²) in [5, 5.41) is 10.2. The number of ether oxygens (including phenoxy) is 1. The van der Waals surface area contributed by atoms with Crippen molar-refractivity contribution in [1.29, 1.82) is 0 Å². The van der Waals surface area contributed by atoms with Crippen molar-refractivity contribution >= 4 is 11.8 Å². The van der Waals surface area contributed by atoms with Gasteiger partial charge in [-0.15, -0.1) is 0 Å². The summed E-state index contributed by atoms with van der Waals surface area (Å²) in [6.45, 7) is 5.16. The van der Waals surface area contributed by atoms with Gasteiger partial charge in [-0.25, -0.2) is 4.79 Å². The summed E-state index contributed by atoms with van der Waals surface area (Å²) in [6.07, 6.45) is 1.67. The van der Waals surface area contributed by atoms with Crippen molar-refractivity contribution in [3.05, 3.63) is 46.6 Å². The maximum absolute atomic E-state index is 12.3. The van der Waals surface area contributed by atoms with E-state index in [0.717, 1.165) is 35.5 Å². The largest absolute Gasteiger partial charge is 0.371 e. The standard InChI is InChI=1S/C18H24N4O2/c1-4-15-12(2)17(22(3)21-15)20-18(23)19-11-16-14-8-6-5-7-13(14)9-10-24-16/h5-8,16H,4,9-11H2,1-3H3,(H2,19,20,23)/t16-/m0/s1. The molecular formula is C18H24N4O2. The molecule has 6 heteroatoms. The molecule has 0 bridgehead atoms. The number of carbonyl (C=O) groups excluding carboxylic acids is 1. The molecule has 1 atom stereocenters. The first-order valence-corrected chi connectivity index (χ1v) is 8.36. The summed E-state index contributed by atoms with van der Waals surface area (Å²) in [4.78, 5) is 12.3. The van der Waals surface area contributed by atoms with Gasteiger partial charge in [0, 0.05) is 19.2 Å². The summed E-state index contributed by atoms with van der Waals surface area (Å²) in [7, 11) is 1.84. The predicted octanol–water partition coefficient (Wildman–Crippen LogP) is 2.73. The van der Waals surface area contributed by atoms with E-state index in [1.807, 2.05) is 26.1 Å². The monoisotopic (exact) mass is 328 g/mol. The first-order valence-electron chi connectivity index (χ1n) is 8.36. The molecule has 0 saturated heterocycles. The quantitative estimate of drug-likeness (QED) is 0.907. The number of anilines is 1. The summed E-state index contributed by atoms with van der Waals surface area (Å²) in [5.74, 6) is 0.731. The Bertz CT molecular complexity index is 739. The van der Waals surface area contributed by atoms with Gasteiger partial charge < -0.3 is 10.1 Å². The number of hydrogen-bond acceptors (Lipinski definition) is 3. The van der Waals surface area contributed by atoms with Crippen molar-refractivity contribution in [1.82, 2.24) is 15.1 Å². The van der Waals surface area contributed by atoms with Crippen LogP contribution < -0.4 is 10.6 Å². The maximum atomic E-state index is 12.3. The van der Waals surface area contributed by atoms with E-state index in [2.05, 4.69) is 34.8 Å². The topological polar surface area (TPSA) is 68.2 Å². The van der Waals surface area contributed by atoms with E-state index < -0.39 is 0 Å².